The number of anilines is 1. The predicted octanol–water partition coefficient (Wildman–Crippen LogP) is 0.533. The Hall–Kier alpha value is -1.22. The Balaban J connectivity index is 3.08. The van der Waals surface area contributed by atoms with Gasteiger partial charge >= 0.3 is 0 Å². The molecule has 1 rings (SSSR count). The molecule has 0 fully saturated rings. The van der Waals surface area contributed by atoms with Gasteiger partial charge in [0, 0.05) is 39.1 Å². The van der Waals surface area contributed by atoms with Gasteiger partial charge in [0.05, 0.1) is 18.9 Å². The predicted molar refractivity (Wildman–Crippen MR) is 80.7 cm³/mol. The van der Waals surface area contributed by atoms with Crippen LogP contribution in [-0.2, 0) is 14.8 Å². The summed E-state index contributed by atoms with van der Waals surface area (Å²) in [7, 11) is -2.23. The second-order valence-corrected chi connectivity index (χ2v) is 6.33. The minimum atomic E-state index is -3.73. The zero-order valence-corrected chi connectivity index (χ0v) is 13.3. The van der Waals surface area contributed by atoms with E-state index in [1.807, 2.05) is 6.92 Å². The van der Waals surface area contributed by atoms with Crippen LogP contribution >= 0.6 is 0 Å². The van der Waals surface area contributed by atoms with Crippen LogP contribution in [0, 0.1) is 0 Å². The molecular weight excluding hydrogens is 294 g/mol. The molecule has 0 bridgehead atoms. The van der Waals surface area contributed by atoms with E-state index < -0.39 is 10.0 Å². The number of aromatic nitrogens is 1. The van der Waals surface area contributed by atoms with Gasteiger partial charge < -0.3 is 15.2 Å². The third-order valence-electron chi connectivity index (χ3n) is 2.86. The maximum Gasteiger partial charge on any atom is 0.246 e. The van der Waals surface area contributed by atoms with E-state index in [4.69, 9.17) is 9.84 Å². The van der Waals surface area contributed by atoms with Crippen LogP contribution in [0.5, 0.6) is 0 Å². The fourth-order valence-electron chi connectivity index (χ4n) is 1.79. The molecule has 0 spiro atoms. The molecule has 120 valence electrons. The Morgan fingerprint density at radius 1 is 1.43 bits per heavy atom. The summed E-state index contributed by atoms with van der Waals surface area (Å²) in [6.07, 6.45) is 3.75. The SMILES string of the molecule is CCCNc1ccncc1S(=O)(=O)N(CCO)CCOC. The van der Waals surface area contributed by atoms with Crippen molar-refractivity contribution < 1.29 is 18.3 Å². The van der Waals surface area contributed by atoms with Gasteiger partial charge in [-0.25, -0.2) is 8.42 Å². The van der Waals surface area contributed by atoms with Crippen molar-refractivity contribution in [2.75, 3.05) is 45.3 Å². The highest BCUT2D eigenvalue weighted by atomic mass is 32.2. The first-order chi connectivity index (χ1) is 10.1. The van der Waals surface area contributed by atoms with Gasteiger partial charge in [-0.2, -0.15) is 4.31 Å². The van der Waals surface area contributed by atoms with Gasteiger partial charge in [-0.15, -0.1) is 0 Å². The molecule has 1 aromatic rings. The van der Waals surface area contributed by atoms with E-state index in [1.165, 1.54) is 17.6 Å². The molecule has 0 aromatic carbocycles. The summed E-state index contributed by atoms with van der Waals surface area (Å²) in [5, 5.41) is 12.2. The molecule has 0 saturated heterocycles. The highest BCUT2D eigenvalue weighted by Gasteiger charge is 2.26. The summed E-state index contributed by atoms with van der Waals surface area (Å²) < 4.78 is 31.5. The average Bonchev–Trinajstić information content (AvgIpc) is 2.49. The Kier molecular flexibility index (Phi) is 7.58. The van der Waals surface area contributed by atoms with Crippen molar-refractivity contribution in [3.05, 3.63) is 18.5 Å². The molecule has 8 heteroatoms. The molecule has 7 nitrogen and oxygen atoms in total. The molecule has 0 aliphatic rings. The fourth-order valence-corrected chi connectivity index (χ4v) is 3.31. The van der Waals surface area contributed by atoms with Crippen molar-refractivity contribution in [2.45, 2.75) is 18.2 Å². The maximum atomic E-state index is 12.7. The van der Waals surface area contributed by atoms with Crippen LogP contribution in [0.25, 0.3) is 0 Å². The lowest BCUT2D eigenvalue weighted by atomic mass is 10.4. The maximum absolute atomic E-state index is 12.7. The van der Waals surface area contributed by atoms with E-state index in [9.17, 15) is 8.42 Å². The fraction of sp³-hybridized carbons (Fsp3) is 0.615. The summed E-state index contributed by atoms with van der Waals surface area (Å²) in [4.78, 5) is 4.02. The van der Waals surface area contributed by atoms with Gasteiger partial charge in [-0.3, -0.25) is 4.98 Å². The third kappa shape index (κ3) is 4.92. The molecule has 0 radical (unpaired) electrons. The van der Waals surface area contributed by atoms with Crippen LogP contribution < -0.4 is 5.32 Å². The van der Waals surface area contributed by atoms with E-state index in [-0.39, 0.29) is 31.2 Å². The van der Waals surface area contributed by atoms with E-state index in [1.54, 1.807) is 12.3 Å². The van der Waals surface area contributed by atoms with Crippen molar-refractivity contribution in [3.8, 4) is 0 Å². The second-order valence-electron chi connectivity index (χ2n) is 4.42. The zero-order valence-electron chi connectivity index (χ0n) is 12.4. The van der Waals surface area contributed by atoms with Crippen LogP contribution in [0.15, 0.2) is 23.4 Å². The molecule has 1 heterocycles. The normalized spacial score (nSPS) is 11.8. The summed E-state index contributed by atoms with van der Waals surface area (Å²) in [5.41, 5.74) is 0.521. The Morgan fingerprint density at radius 2 is 2.19 bits per heavy atom. The van der Waals surface area contributed by atoms with Crippen LogP contribution in [-0.4, -0.2) is 62.8 Å². The number of aliphatic hydroxyl groups is 1. The molecule has 0 amide bonds. The number of nitrogens with one attached hydrogen (secondary N) is 1. The standard InChI is InChI=1S/C13H23N3O4S/c1-3-5-15-12-4-6-14-11-13(12)21(18,19)16(7-9-17)8-10-20-2/h4,6,11,17H,3,5,7-10H2,1-2H3,(H,14,15). The minimum Gasteiger partial charge on any atom is -0.395 e. The summed E-state index contributed by atoms with van der Waals surface area (Å²) in [6.45, 7) is 2.89. The monoisotopic (exact) mass is 317 g/mol. The van der Waals surface area contributed by atoms with Crippen LogP contribution in [0.4, 0.5) is 5.69 Å². The van der Waals surface area contributed by atoms with Gasteiger partial charge in [-0.05, 0) is 12.5 Å². The largest absolute Gasteiger partial charge is 0.395 e. The first-order valence-electron chi connectivity index (χ1n) is 6.85. The van der Waals surface area contributed by atoms with Gasteiger partial charge in [0.15, 0.2) is 0 Å². The smallest absolute Gasteiger partial charge is 0.246 e. The van der Waals surface area contributed by atoms with Gasteiger partial charge in [0.1, 0.15) is 4.90 Å². The summed E-state index contributed by atoms with van der Waals surface area (Å²) >= 11 is 0. The zero-order chi connectivity index (χ0) is 15.7. The summed E-state index contributed by atoms with van der Waals surface area (Å²) in [5.74, 6) is 0. The first kappa shape index (κ1) is 17.8. The third-order valence-corrected chi connectivity index (χ3v) is 4.79. The van der Waals surface area contributed by atoms with Crippen molar-refractivity contribution in [1.82, 2.24) is 9.29 Å². The second kappa shape index (κ2) is 8.93. The number of ether oxygens (including phenoxy) is 1. The van der Waals surface area contributed by atoms with Crippen LogP contribution in [0.3, 0.4) is 0 Å². The number of aliphatic hydroxyl groups excluding tert-OH is 1. The molecule has 1 aromatic heterocycles. The topological polar surface area (TPSA) is 91.8 Å². The molecule has 0 saturated carbocycles. The number of sulfonamides is 1. The quantitative estimate of drug-likeness (QED) is 0.654. The molecule has 0 aliphatic carbocycles. The molecular formula is C13H23N3O4S. The van der Waals surface area contributed by atoms with Crippen LogP contribution in [0.1, 0.15) is 13.3 Å². The Labute approximate surface area is 126 Å². The van der Waals surface area contributed by atoms with Crippen molar-refractivity contribution >= 4 is 15.7 Å². The summed E-state index contributed by atoms with van der Waals surface area (Å²) in [6, 6.07) is 1.63. The number of nitrogens with zero attached hydrogens (tertiary/aromatic N) is 2. The van der Waals surface area contributed by atoms with Gasteiger partial charge in [-0.1, -0.05) is 6.92 Å². The molecule has 21 heavy (non-hydrogen) atoms. The van der Waals surface area contributed by atoms with Gasteiger partial charge in [0.2, 0.25) is 10.0 Å². The van der Waals surface area contributed by atoms with Gasteiger partial charge in [0.25, 0.3) is 0 Å². The number of methoxy groups -OCH3 is 1. The lowest BCUT2D eigenvalue weighted by molar-refractivity contribution is 0.168. The van der Waals surface area contributed by atoms with Crippen molar-refractivity contribution in [1.29, 1.82) is 0 Å². The van der Waals surface area contributed by atoms with Crippen molar-refractivity contribution in [2.24, 2.45) is 0 Å². The minimum absolute atomic E-state index is 0.0216. The highest BCUT2D eigenvalue weighted by Crippen LogP contribution is 2.23. The number of hydrogen-bond donors (Lipinski definition) is 2. The molecule has 0 atom stereocenters. The number of rotatable bonds is 10. The lowest BCUT2D eigenvalue weighted by Gasteiger charge is -2.22. The first-order valence-corrected chi connectivity index (χ1v) is 8.29. The van der Waals surface area contributed by atoms with E-state index >= 15 is 0 Å². The Morgan fingerprint density at radius 3 is 2.81 bits per heavy atom. The lowest BCUT2D eigenvalue weighted by Crippen LogP contribution is -2.36. The van der Waals surface area contributed by atoms with Crippen molar-refractivity contribution in [3.63, 3.8) is 0 Å². The molecule has 0 unspecified atom stereocenters. The van der Waals surface area contributed by atoms with E-state index in [0.717, 1.165) is 6.42 Å². The van der Waals surface area contributed by atoms with E-state index in [0.29, 0.717) is 12.2 Å². The molecule has 0 aliphatic heterocycles. The number of hydrogen-bond acceptors (Lipinski definition) is 6. The molecule has 2 N–H and O–H groups in total. The Bertz CT molecular complexity index is 522. The average molecular weight is 317 g/mol. The van der Waals surface area contributed by atoms with E-state index in [2.05, 4.69) is 10.3 Å². The van der Waals surface area contributed by atoms with Crippen LogP contribution in [0.2, 0.25) is 0 Å². The number of pyridine rings is 1. The highest BCUT2D eigenvalue weighted by molar-refractivity contribution is 7.89.